The molecule has 1 aromatic carbocycles. The van der Waals surface area contributed by atoms with Crippen LogP contribution in [0.3, 0.4) is 0 Å². The van der Waals surface area contributed by atoms with Gasteiger partial charge in [-0.05, 0) is 56.7 Å². The van der Waals surface area contributed by atoms with Gasteiger partial charge in [-0.2, -0.15) is 0 Å². The van der Waals surface area contributed by atoms with Crippen molar-refractivity contribution in [1.29, 1.82) is 0 Å². The topological polar surface area (TPSA) is 51.8 Å². The van der Waals surface area contributed by atoms with Crippen molar-refractivity contribution in [1.82, 2.24) is 9.97 Å². The summed E-state index contributed by atoms with van der Waals surface area (Å²) in [4.78, 5) is 9.47. The molecule has 3 rings (SSSR count). The summed E-state index contributed by atoms with van der Waals surface area (Å²) in [5.41, 5.74) is 12.6. The Labute approximate surface area is 113 Å². The molecule has 1 heterocycles. The van der Waals surface area contributed by atoms with Crippen LogP contribution >= 0.6 is 0 Å². The predicted octanol–water partition coefficient (Wildman–Crippen LogP) is 3.22. The van der Waals surface area contributed by atoms with Crippen LogP contribution in [0, 0.1) is 13.8 Å². The third-order valence-corrected chi connectivity index (χ3v) is 4.01. The van der Waals surface area contributed by atoms with Gasteiger partial charge < -0.3 is 5.73 Å². The van der Waals surface area contributed by atoms with Crippen LogP contribution < -0.4 is 5.73 Å². The van der Waals surface area contributed by atoms with Crippen molar-refractivity contribution >= 4 is 5.69 Å². The number of aromatic nitrogens is 2. The molecule has 0 fully saturated rings. The second-order valence-corrected chi connectivity index (χ2v) is 5.28. The second kappa shape index (κ2) is 4.65. The number of anilines is 1. The molecule has 1 aliphatic rings. The highest BCUT2D eigenvalue weighted by atomic mass is 14.9. The number of nitrogens with two attached hydrogens (primary N) is 1. The van der Waals surface area contributed by atoms with Gasteiger partial charge >= 0.3 is 0 Å². The van der Waals surface area contributed by atoms with Gasteiger partial charge in [0, 0.05) is 22.6 Å². The van der Waals surface area contributed by atoms with Crippen molar-refractivity contribution in [2.45, 2.75) is 39.5 Å². The molecule has 0 radical (unpaired) electrons. The summed E-state index contributed by atoms with van der Waals surface area (Å²) in [6.45, 7) is 4.12. The van der Waals surface area contributed by atoms with Gasteiger partial charge in [-0.15, -0.1) is 0 Å². The molecule has 0 saturated heterocycles. The predicted molar refractivity (Wildman–Crippen MR) is 78.0 cm³/mol. The van der Waals surface area contributed by atoms with E-state index in [-0.39, 0.29) is 0 Å². The first-order chi connectivity index (χ1) is 9.16. The summed E-state index contributed by atoms with van der Waals surface area (Å²) in [6, 6.07) is 5.94. The quantitative estimate of drug-likeness (QED) is 0.794. The highest BCUT2D eigenvalue weighted by Crippen LogP contribution is 2.28. The molecule has 0 unspecified atom stereocenters. The van der Waals surface area contributed by atoms with Crippen molar-refractivity contribution in [2.24, 2.45) is 0 Å². The van der Waals surface area contributed by atoms with Gasteiger partial charge in [0.05, 0.1) is 0 Å². The minimum absolute atomic E-state index is 0.802. The molecule has 98 valence electrons. The van der Waals surface area contributed by atoms with E-state index < -0.39 is 0 Å². The number of benzene rings is 1. The van der Waals surface area contributed by atoms with E-state index in [9.17, 15) is 0 Å². The SMILES string of the molecule is Cc1nc(-c2cccc(N)c2C)nc2c1CCCC2. The van der Waals surface area contributed by atoms with E-state index in [0.29, 0.717) is 0 Å². The molecule has 0 atom stereocenters. The van der Waals surface area contributed by atoms with Crippen LogP contribution in [-0.2, 0) is 12.8 Å². The maximum atomic E-state index is 5.98. The lowest BCUT2D eigenvalue weighted by atomic mass is 9.94. The van der Waals surface area contributed by atoms with Crippen LogP contribution in [-0.4, -0.2) is 9.97 Å². The third kappa shape index (κ3) is 2.09. The molecule has 1 aromatic heterocycles. The smallest absolute Gasteiger partial charge is 0.159 e. The number of nitrogen functional groups attached to an aromatic ring is 1. The molecule has 0 spiro atoms. The molecule has 2 aromatic rings. The van der Waals surface area contributed by atoms with E-state index in [4.69, 9.17) is 15.7 Å². The number of hydrogen-bond donors (Lipinski definition) is 1. The number of nitrogens with zero attached hydrogens (tertiary/aromatic N) is 2. The zero-order valence-corrected chi connectivity index (χ0v) is 11.5. The monoisotopic (exact) mass is 253 g/mol. The highest BCUT2D eigenvalue weighted by molar-refractivity contribution is 5.68. The minimum atomic E-state index is 0.802. The van der Waals surface area contributed by atoms with Crippen molar-refractivity contribution in [3.05, 3.63) is 40.7 Å². The Morgan fingerprint density at radius 3 is 2.68 bits per heavy atom. The Morgan fingerprint density at radius 2 is 1.84 bits per heavy atom. The lowest BCUT2D eigenvalue weighted by molar-refractivity contribution is 0.658. The van der Waals surface area contributed by atoms with E-state index >= 15 is 0 Å². The van der Waals surface area contributed by atoms with Crippen LogP contribution in [0.25, 0.3) is 11.4 Å². The number of fused-ring (bicyclic) bond motifs is 1. The molecular formula is C16H19N3. The van der Waals surface area contributed by atoms with Gasteiger partial charge in [0.1, 0.15) is 0 Å². The first-order valence-corrected chi connectivity index (χ1v) is 6.88. The van der Waals surface area contributed by atoms with Gasteiger partial charge in [-0.3, -0.25) is 0 Å². The van der Waals surface area contributed by atoms with E-state index in [1.807, 2.05) is 19.1 Å². The largest absolute Gasteiger partial charge is 0.398 e. The lowest BCUT2D eigenvalue weighted by Crippen LogP contribution is -2.10. The van der Waals surface area contributed by atoms with Crippen LogP contribution in [0.1, 0.15) is 35.4 Å². The second-order valence-electron chi connectivity index (χ2n) is 5.28. The minimum Gasteiger partial charge on any atom is -0.398 e. The fraction of sp³-hybridized carbons (Fsp3) is 0.375. The van der Waals surface area contributed by atoms with Gasteiger partial charge in [0.2, 0.25) is 0 Å². The molecule has 19 heavy (non-hydrogen) atoms. The van der Waals surface area contributed by atoms with Crippen LogP contribution in [0.4, 0.5) is 5.69 Å². The first-order valence-electron chi connectivity index (χ1n) is 6.88. The average Bonchev–Trinajstić information content (AvgIpc) is 2.42. The Morgan fingerprint density at radius 1 is 1.05 bits per heavy atom. The van der Waals surface area contributed by atoms with Gasteiger partial charge in [-0.1, -0.05) is 12.1 Å². The number of hydrogen-bond acceptors (Lipinski definition) is 3. The summed E-state index contributed by atoms with van der Waals surface area (Å²) < 4.78 is 0. The Bertz CT molecular complexity index is 632. The van der Waals surface area contributed by atoms with E-state index in [0.717, 1.165) is 41.2 Å². The van der Waals surface area contributed by atoms with Crippen molar-refractivity contribution in [2.75, 3.05) is 5.73 Å². The maximum Gasteiger partial charge on any atom is 0.159 e. The summed E-state index contributed by atoms with van der Waals surface area (Å²) in [6.07, 6.45) is 4.69. The van der Waals surface area contributed by atoms with Gasteiger partial charge in [-0.25, -0.2) is 9.97 Å². The van der Waals surface area contributed by atoms with Crippen LogP contribution in [0.5, 0.6) is 0 Å². The Hall–Kier alpha value is -1.90. The van der Waals surface area contributed by atoms with E-state index in [1.165, 1.54) is 24.1 Å². The van der Waals surface area contributed by atoms with Crippen molar-refractivity contribution in [3.8, 4) is 11.4 Å². The van der Waals surface area contributed by atoms with Crippen LogP contribution in [0.2, 0.25) is 0 Å². The lowest BCUT2D eigenvalue weighted by Gasteiger charge is -2.18. The maximum absolute atomic E-state index is 5.98. The molecule has 0 bridgehead atoms. The fourth-order valence-corrected chi connectivity index (χ4v) is 2.80. The number of aryl methyl sites for hydroxylation is 2. The molecular weight excluding hydrogens is 234 g/mol. The Kier molecular flexibility index (Phi) is 2.97. The summed E-state index contributed by atoms with van der Waals surface area (Å²) in [5.74, 6) is 0.822. The third-order valence-electron chi connectivity index (χ3n) is 4.01. The van der Waals surface area contributed by atoms with E-state index in [2.05, 4.69) is 13.0 Å². The standard InChI is InChI=1S/C16H19N3/c1-10-12(7-5-8-14(10)17)16-18-11(2)13-6-3-4-9-15(13)19-16/h5,7-8H,3-4,6,9,17H2,1-2H3. The average molecular weight is 253 g/mol. The van der Waals surface area contributed by atoms with E-state index in [1.54, 1.807) is 0 Å². The summed E-state index contributed by atoms with van der Waals surface area (Å²) in [5, 5.41) is 0. The van der Waals surface area contributed by atoms with Crippen molar-refractivity contribution < 1.29 is 0 Å². The molecule has 0 aliphatic heterocycles. The molecule has 3 nitrogen and oxygen atoms in total. The molecule has 0 saturated carbocycles. The molecule has 0 amide bonds. The van der Waals surface area contributed by atoms with Gasteiger partial charge in [0.25, 0.3) is 0 Å². The molecule has 2 N–H and O–H groups in total. The number of rotatable bonds is 1. The summed E-state index contributed by atoms with van der Waals surface area (Å²) in [7, 11) is 0. The van der Waals surface area contributed by atoms with Crippen LogP contribution in [0.15, 0.2) is 18.2 Å². The first kappa shape index (κ1) is 12.2. The highest BCUT2D eigenvalue weighted by Gasteiger charge is 2.17. The summed E-state index contributed by atoms with van der Waals surface area (Å²) >= 11 is 0. The Balaban J connectivity index is 2.16. The molecule has 1 aliphatic carbocycles. The zero-order chi connectivity index (χ0) is 13.4. The molecule has 3 heteroatoms. The normalized spacial score (nSPS) is 14.2. The van der Waals surface area contributed by atoms with Gasteiger partial charge in [0.15, 0.2) is 5.82 Å². The fourth-order valence-electron chi connectivity index (χ4n) is 2.80. The zero-order valence-electron chi connectivity index (χ0n) is 11.5. The van der Waals surface area contributed by atoms with Crippen molar-refractivity contribution in [3.63, 3.8) is 0 Å².